The number of hydrogen-bond acceptors (Lipinski definition) is 10. The highest BCUT2D eigenvalue weighted by Gasteiger charge is 2.67. The van der Waals surface area contributed by atoms with E-state index in [9.17, 15) is 18.0 Å². The Morgan fingerprint density at radius 1 is 1.02 bits per heavy atom. The molecule has 1 saturated heterocycles. The molecule has 0 radical (unpaired) electrons. The molecule has 43 heavy (non-hydrogen) atoms. The van der Waals surface area contributed by atoms with Gasteiger partial charge in [-0.2, -0.15) is 8.42 Å². The van der Waals surface area contributed by atoms with Gasteiger partial charge in [0.1, 0.15) is 12.2 Å². The van der Waals surface area contributed by atoms with Crippen LogP contribution in [0.25, 0.3) is 0 Å². The van der Waals surface area contributed by atoms with Crippen molar-refractivity contribution in [1.29, 1.82) is 0 Å². The zero-order valence-electron chi connectivity index (χ0n) is 27.0. The molecular formula is C28H47N3O9SSi2. The van der Waals surface area contributed by atoms with Gasteiger partial charge in [0.15, 0.2) is 28.5 Å². The maximum Gasteiger partial charge on any atom is 0.339 e. The molecule has 0 aliphatic carbocycles. The van der Waals surface area contributed by atoms with E-state index in [2.05, 4.69) is 44.5 Å². The number of amides is 2. The molecule has 1 fully saturated rings. The van der Waals surface area contributed by atoms with Crippen molar-refractivity contribution >= 4 is 44.4 Å². The number of carbonyl (C=O) groups excluding carboxylic acids is 2. The summed E-state index contributed by atoms with van der Waals surface area (Å²) in [4.78, 5) is 25.6. The molecule has 0 bridgehead atoms. The van der Waals surface area contributed by atoms with Crippen LogP contribution in [0.15, 0.2) is 35.4 Å². The lowest BCUT2D eigenvalue weighted by Gasteiger charge is -2.43. The lowest BCUT2D eigenvalue weighted by Crippen LogP contribution is -2.61. The zero-order valence-corrected chi connectivity index (χ0v) is 29.8. The number of rotatable bonds is 8. The largest absolute Gasteiger partial charge is 0.465 e. The molecule has 2 aliphatic rings. The Hall–Kier alpha value is -2.28. The zero-order chi connectivity index (χ0) is 32.8. The molecule has 1 aromatic carbocycles. The fourth-order valence-corrected chi connectivity index (χ4v) is 7.82. The second-order valence-corrected chi connectivity index (χ2v) is 24.9. The Bertz CT molecular complexity index is 1370. The first kappa shape index (κ1) is 35.2. The van der Waals surface area contributed by atoms with Gasteiger partial charge in [-0.15, -0.1) is 0 Å². The normalized spacial score (nSPS) is 25.8. The third-order valence-corrected chi connectivity index (χ3v) is 19.0. The predicted octanol–water partition coefficient (Wildman–Crippen LogP) is 4.63. The van der Waals surface area contributed by atoms with E-state index >= 15 is 0 Å². The maximum absolute atomic E-state index is 13.4. The Morgan fingerprint density at radius 2 is 1.60 bits per heavy atom. The fourth-order valence-electron chi connectivity index (χ4n) is 4.31. The summed E-state index contributed by atoms with van der Waals surface area (Å²) in [6.07, 6.45) is -3.40. The van der Waals surface area contributed by atoms with Gasteiger partial charge in [0.2, 0.25) is 0 Å². The van der Waals surface area contributed by atoms with Crippen LogP contribution < -0.4 is 16.4 Å². The molecule has 2 heterocycles. The molecule has 4 atom stereocenters. The van der Waals surface area contributed by atoms with Gasteiger partial charge in [0.25, 0.3) is 10.1 Å². The number of hydrogen-bond donors (Lipinski definition) is 3. The number of ether oxygens (including phenoxy) is 2. The summed E-state index contributed by atoms with van der Waals surface area (Å²) in [5, 5.41) is 5.84. The minimum absolute atomic E-state index is 0.0527. The second kappa shape index (κ2) is 11.9. The average molecular weight is 658 g/mol. The lowest BCUT2D eigenvalue weighted by atomic mass is 9.89. The van der Waals surface area contributed by atoms with Gasteiger partial charge in [0.05, 0.1) is 36.1 Å². The summed E-state index contributed by atoms with van der Waals surface area (Å²) in [5.74, 6) is -0.628. The van der Waals surface area contributed by atoms with Gasteiger partial charge >= 0.3 is 12.0 Å². The Labute approximate surface area is 257 Å². The fraction of sp³-hybridized carbons (Fsp3) is 0.643. The summed E-state index contributed by atoms with van der Waals surface area (Å²) < 4.78 is 55.9. The first-order chi connectivity index (χ1) is 19.5. The Kier molecular flexibility index (Phi) is 9.75. The minimum Gasteiger partial charge on any atom is -0.465 e. The summed E-state index contributed by atoms with van der Waals surface area (Å²) in [5.41, 5.74) is 4.92. The number of benzene rings is 1. The Morgan fingerprint density at radius 3 is 2.12 bits per heavy atom. The number of carbonyl (C=O) groups is 2. The first-order valence-corrected chi connectivity index (χ1v) is 21.4. The van der Waals surface area contributed by atoms with Crippen molar-refractivity contribution in [3.63, 3.8) is 0 Å². The van der Waals surface area contributed by atoms with Crippen molar-refractivity contribution in [2.45, 2.75) is 102 Å². The highest BCUT2D eigenvalue weighted by atomic mass is 32.2. The van der Waals surface area contributed by atoms with Crippen molar-refractivity contribution in [2.24, 2.45) is 5.73 Å². The van der Waals surface area contributed by atoms with Gasteiger partial charge in [-0.05, 0) is 48.4 Å². The quantitative estimate of drug-likeness (QED) is 0.204. The van der Waals surface area contributed by atoms with E-state index in [1.54, 1.807) is 18.2 Å². The predicted molar refractivity (Wildman–Crippen MR) is 169 cm³/mol. The standard InChI is InChI=1S/C28H47N3O9SSi2/c1-26(2,3)42(8,9)37-16-21-28(20(29)17-41(34,35)40-28)22(39-43(10,11)27(4,5)6)23(38-21)31-25(33)30-19-15-13-12-14-18(19)24(32)36-7/h12-15,17,21-23H,16,29H2,1-11H3,(H2,30,31,33)/t21-,22+,23+,28-/m1/s1. The summed E-state index contributed by atoms with van der Waals surface area (Å²) in [6, 6.07) is 5.64. The molecule has 0 aromatic heterocycles. The van der Waals surface area contributed by atoms with Crippen LogP contribution >= 0.6 is 0 Å². The van der Waals surface area contributed by atoms with Crippen LogP contribution in [-0.4, -0.2) is 74.8 Å². The van der Waals surface area contributed by atoms with E-state index in [-0.39, 0.29) is 33.6 Å². The van der Waals surface area contributed by atoms with Crippen molar-refractivity contribution in [3.05, 3.63) is 40.9 Å². The third-order valence-electron chi connectivity index (χ3n) is 8.95. The second-order valence-electron chi connectivity index (χ2n) is 14.0. The van der Waals surface area contributed by atoms with E-state index in [0.29, 0.717) is 0 Å². The number of para-hydroxylation sites is 1. The smallest absolute Gasteiger partial charge is 0.339 e. The van der Waals surface area contributed by atoms with Crippen LogP contribution in [-0.2, 0) is 32.6 Å². The third kappa shape index (κ3) is 7.18. The van der Waals surface area contributed by atoms with Gasteiger partial charge in [-0.25, -0.2) is 13.8 Å². The van der Waals surface area contributed by atoms with E-state index in [1.807, 2.05) is 33.9 Å². The van der Waals surface area contributed by atoms with Gasteiger partial charge < -0.3 is 34.7 Å². The van der Waals surface area contributed by atoms with E-state index in [1.165, 1.54) is 13.2 Å². The summed E-state index contributed by atoms with van der Waals surface area (Å²) in [6.45, 7) is 20.4. The van der Waals surface area contributed by atoms with Gasteiger partial charge in [-0.1, -0.05) is 53.7 Å². The van der Waals surface area contributed by atoms with Gasteiger partial charge in [0, 0.05) is 0 Å². The molecule has 15 heteroatoms. The van der Waals surface area contributed by atoms with Gasteiger partial charge in [-0.3, -0.25) is 0 Å². The molecule has 1 aromatic rings. The number of esters is 1. The van der Waals surface area contributed by atoms with E-state index < -0.39 is 62.8 Å². The van der Waals surface area contributed by atoms with Crippen LogP contribution in [0, 0.1) is 0 Å². The number of methoxy groups -OCH3 is 1. The molecule has 2 amide bonds. The van der Waals surface area contributed by atoms with E-state index in [0.717, 1.165) is 5.41 Å². The number of urea groups is 1. The molecule has 2 aliphatic heterocycles. The highest BCUT2D eigenvalue weighted by molar-refractivity contribution is 7.90. The van der Waals surface area contributed by atoms with Crippen molar-refractivity contribution in [3.8, 4) is 0 Å². The number of anilines is 1. The topological polar surface area (TPSA) is 165 Å². The molecule has 4 N–H and O–H groups in total. The van der Waals surface area contributed by atoms with E-state index in [4.69, 9.17) is 28.2 Å². The van der Waals surface area contributed by atoms with Crippen LogP contribution in [0.1, 0.15) is 51.9 Å². The Balaban J connectivity index is 2.05. The number of nitrogens with two attached hydrogens (primary N) is 1. The molecule has 1 spiro atoms. The lowest BCUT2D eigenvalue weighted by molar-refractivity contribution is -0.0419. The molecule has 3 rings (SSSR count). The molecule has 0 saturated carbocycles. The van der Waals surface area contributed by atoms with Crippen molar-refractivity contribution < 1.29 is 40.5 Å². The molecule has 242 valence electrons. The summed E-state index contributed by atoms with van der Waals surface area (Å²) in [7, 11) is -7.96. The monoisotopic (exact) mass is 657 g/mol. The van der Waals surface area contributed by atoms with Crippen molar-refractivity contribution in [2.75, 3.05) is 19.0 Å². The van der Waals surface area contributed by atoms with Crippen LogP contribution in [0.5, 0.6) is 0 Å². The molecule has 12 nitrogen and oxygen atoms in total. The molecule has 0 unspecified atom stereocenters. The average Bonchev–Trinajstić information content (AvgIpc) is 3.27. The highest BCUT2D eigenvalue weighted by Crippen LogP contribution is 2.49. The maximum atomic E-state index is 13.4. The number of nitrogens with one attached hydrogen (secondary N) is 2. The first-order valence-electron chi connectivity index (χ1n) is 14.1. The SMILES string of the molecule is COC(=O)c1ccccc1NC(=O)N[C@H]1O[C@H](CO[Si](C)(C)C(C)(C)C)[C@@]2(OS(=O)(=O)C=C2N)[C@H]1O[Si](C)(C)C(C)(C)C. The van der Waals surface area contributed by atoms with Crippen LogP contribution in [0.2, 0.25) is 36.3 Å². The van der Waals surface area contributed by atoms with Crippen molar-refractivity contribution in [1.82, 2.24) is 5.32 Å². The van der Waals surface area contributed by atoms with Crippen LogP contribution in [0.4, 0.5) is 10.5 Å². The van der Waals surface area contributed by atoms with Crippen LogP contribution in [0.3, 0.4) is 0 Å². The summed E-state index contributed by atoms with van der Waals surface area (Å²) >= 11 is 0. The minimum atomic E-state index is -4.20. The molecular weight excluding hydrogens is 611 g/mol.